The van der Waals surface area contributed by atoms with Crippen molar-refractivity contribution in [1.82, 2.24) is 19.9 Å². The van der Waals surface area contributed by atoms with Crippen molar-refractivity contribution in [3.63, 3.8) is 0 Å². The van der Waals surface area contributed by atoms with Gasteiger partial charge in [-0.25, -0.2) is 4.98 Å². The first-order chi connectivity index (χ1) is 11.2. The van der Waals surface area contributed by atoms with E-state index in [0.717, 1.165) is 17.5 Å². The molecule has 2 aromatic heterocycles. The first-order valence-electron chi connectivity index (χ1n) is 7.02. The number of nitrogens with one attached hydrogen (secondary N) is 2. The molecule has 1 aromatic carbocycles. The molecule has 0 aliphatic rings. The minimum atomic E-state index is 0.165. The van der Waals surface area contributed by atoms with E-state index in [0.29, 0.717) is 29.5 Å². The van der Waals surface area contributed by atoms with Crippen molar-refractivity contribution >= 4 is 28.6 Å². The van der Waals surface area contributed by atoms with Crippen LogP contribution in [0.25, 0.3) is 11.2 Å². The second-order valence-electron chi connectivity index (χ2n) is 4.81. The number of nitrogens with zero attached hydrogens (tertiary/aromatic N) is 3. The van der Waals surface area contributed by atoms with Gasteiger partial charge in [0.2, 0.25) is 5.28 Å². The maximum atomic E-state index is 5.90. The van der Waals surface area contributed by atoms with Gasteiger partial charge in [0, 0.05) is 6.54 Å². The summed E-state index contributed by atoms with van der Waals surface area (Å²) >= 11 is 5.90. The van der Waals surface area contributed by atoms with Crippen molar-refractivity contribution in [2.75, 3.05) is 26.1 Å². The Hall–Kier alpha value is -2.54. The van der Waals surface area contributed by atoms with Gasteiger partial charge in [-0.05, 0) is 35.7 Å². The number of halogens is 1. The summed E-state index contributed by atoms with van der Waals surface area (Å²) in [6.45, 7) is 0.678. The molecule has 0 radical (unpaired) electrons. The quantitative estimate of drug-likeness (QED) is 0.675. The lowest BCUT2D eigenvalue weighted by Gasteiger charge is -2.10. The van der Waals surface area contributed by atoms with E-state index >= 15 is 0 Å². The van der Waals surface area contributed by atoms with Crippen LogP contribution < -0.4 is 14.8 Å². The highest BCUT2D eigenvalue weighted by atomic mass is 35.5. The number of fused-ring (bicyclic) bond motifs is 1. The van der Waals surface area contributed by atoms with E-state index in [2.05, 4.69) is 25.3 Å². The number of H-pyrrole nitrogens is 1. The number of imidazole rings is 1. The zero-order chi connectivity index (χ0) is 16.2. The molecule has 0 spiro atoms. The van der Waals surface area contributed by atoms with E-state index in [1.807, 2.05) is 18.2 Å². The molecule has 23 heavy (non-hydrogen) atoms. The minimum absolute atomic E-state index is 0.165. The fourth-order valence-electron chi connectivity index (χ4n) is 2.30. The average Bonchev–Trinajstić information content (AvgIpc) is 3.02. The van der Waals surface area contributed by atoms with Gasteiger partial charge in [0.1, 0.15) is 5.52 Å². The Bertz CT molecular complexity index is 821. The third kappa shape index (κ3) is 3.29. The van der Waals surface area contributed by atoms with Crippen LogP contribution >= 0.6 is 11.6 Å². The first-order valence-corrected chi connectivity index (χ1v) is 7.40. The Morgan fingerprint density at radius 1 is 1.17 bits per heavy atom. The predicted octanol–water partition coefficient (Wildman–Crippen LogP) is 2.68. The molecule has 0 amide bonds. The standard InChI is InChI=1S/C15H16ClN5O2/c1-22-10-4-3-9(7-11(10)23-2)5-6-17-13-12-14(19-8-18-12)21-15(16)20-13/h3-4,7-8H,5-6H2,1-2H3,(H2,17,18,19,20,21). The topological polar surface area (TPSA) is 85.0 Å². The lowest BCUT2D eigenvalue weighted by atomic mass is 10.1. The minimum Gasteiger partial charge on any atom is -0.493 e. The van der Waals surface area contributed by atoms with Crippen LogP contribution in [0.4, 0.5) is 5.82 Å². The van der Waals surface area contributed by atoms with Crippen LogP contribution in [0.1, 0.15) is 5.56 Å². The molecule has 0 saturated carbocycles. The van der Waals surface area contributed by atoms with E-state index in [4.69, 9.17) is 21.1 Å². The molecule has 0 fully saturated rings. The Morgan fingerprint density at radius 2 is 2.00 bits per heavy atom. The highest BCUT2D eigenvalue weighted by Crippen LogP contribution is 2.27. The smallest absolute Gasteiger partial charge is 0.226 e. The second kappa shape index (κ2) is 6.70. The van der Waals surface area contributed by atoms with E-state index < -0.39 is 0 Å². The van der Waals surface area contributed by atoms with Crippen molar-refractivity contribution in [2.24, 2.45) is 0 Å². The molecule has 0 atom stereocenters. The molecule has 2 heterocycles. The van der Waals surface area contributed by atoms with E-state index in [1.165, 1.54) is 0 Å². The van der Waals surface area contributed by atoms with Crippen LogP contribution in [0, 0.1) is 0 Å². The first kappa shape index (κ1) is 15.4. The van der Waals surface area contributed by atoms with Crippen LogP contribution in [0.2, 0.25) is 5.28 Å². The van der Waals surface area contributed by atoms with Crippen molar-refractivity contribution in [1.29, 1.82) is 0 Å². The normalized spacial score (nSPS) is 10.7. The highest BCUT2D eigenvalue weighted by molar-refractivity contribution is 6.28. The molecule has 0 saturated heterocycles. The SMILES string of the molecule is COc1ccc(CCNc2nc(Cl)nc3nc[nH]c23)cc1OC. The second-order valence-corrected chi connectivity index (χ2v) is 5.15. The van der Waals surface area contributed by atoms with Gasteiger partial charge < -0.3 is 19.8 Å². The highest BCUT2D eigenvalue weighted by Gasteiger charge is 2.09. The molecular weight excluding hydrogens is 318 g/mol. The van der Waals surface area contributed by atoms with Gasteiger partial charge in [0.15, 0.2) is 23.0 Å². The summed E-state index contributed by atoms with van der Waals surface area (Å²) in [5.41, 5.74) is 2.40. The third-order valence-corrected chi connectivity index (χ3v) is 3.58. The Balaban J connectivity index is 1.70. The van der Waals surface area contributed by atoms with Gasteiger partial charge in [0.25, 0.3) is 0 Å². The Labute approximate surface area is 138 Å². The van der Waals surface area contributed by atoms with Gasteiger partial charge >= 0.3 is 0 Å². The summed E-state index contributed by atoms with van der Waals surface area (Å²) in [5, 5.41) is 3.42. The summed E-state index contributed by atoms with van der Waals surface area (Å²) in [4.78, 5) is 15.3. The van der Waals surface area contributed by atoms with E-state index in [1.54, 1.807) is 20.5 Å². The van der Waals surface area contributed by atoms with E-state index in [-0.39, 0.29) is 5.28 Å². The molecule has 0 aliphatic heterocycles. The summed E-state index contributed by atoms with van der Waals surface area (Å²) < 4.78 is 10.5. The zero-order valence-electron chi connectivity index (χ0n) is 12.8. The van der Waals surface area contributed by atoms with Gasteiger partial charge in [-0.1, -0.05) is 6.07 Å². The van der Waals surface area contributed by atoms with Crippen molar-refractivity contribution < 1.29 is 9.47 Å². The van der Waals surface area contributed by atoms with Gasteiger partial charge in [0.05, 0.1) is 20.5 Å². The summed E-state index contributed by atoms with van der Waals surface area (Å²) in [5.74, 6) is 2.06. The molecule has 0 aliphatic carbocycles. The van der Waals surface area contributed by atoms with Crippen LogP contribution in [-0.4, -0.2) is 40.7 Å². The number of aromatic amines is 1. The molecule has 3 aromatic rings. The monoisotopic (exact) mass is 333 g/mol. The van der Waals surface area contributed by atoms with Crippen LogP contribution in [0.3, 0.4) is 0 Å². The number of rotatable bonds is 6. The number of methoxy groups -OCH3 is 2. The number of hydrogen-bond acceptors (Lipinski definition) is 6. The maximum absolute atomic E-state index is 5.90. The molecule has 8 heteroatoms. The number of aromatic nitrogens is 4. The Morgan fingerprint density at radius 3 is 2.78 bits per heavy atom. The fraction of sp³-hybridized carbons (Fsp3) is 0.267. The third-order valence-electron chi connectivity index (χ3n) is 3.41. The lowest BCUT2D eigenvalue weighted by molar-refractivity contribution is 0.354. The maximum Gasteiger partial charge on any atom is 0.226 e. The van der Waals surface area contributed by atoms with Gasteiger partial charge in [-0.15, -0.1) is 0 Å². The fourth-order valence-corrected chi connectivity index (χ4v) is 2.46. The summed E-state index contributed by atoms with van der Waals surface area (Å²) in [7, 11) is 3.24. The predicted molar refractivity (Wildman–Crippen MR) is 88.4 cm³/mol. The molecule has 2 N–H and O–H groups in total. The van der Waals surface area contributed by atoms with Gasteiger partial charge in [-0.2, -0.15) is 9.97 Å². The molecule has 0 unspecified atom stereocenters. The average molecular weight is 334 g/mol. The molecular formula is C15H16ClN5O2. The molecule has 120 valence electrons. The van der Waals surface area contributed by atoms with Crippen LogP contribution in [0.5, 0.6) is 11.5 Å². The number of ether oxygens (including phenoxy) is 2. The van der Waals surface area contributed by atoms with Crippen molar-refractivity contribution in [3.05, 3.63) is 35.4 Å². The molecule has 0 bridgehead atoms. The van der Waals surface area contributed by atoms with E-state index in [9.17, 15) is 0 Å². The molecule has 7 nitrogen and oxygen atoms in total. The van der Waals surface area contributed by atoms with Gasteiger partial charge in [-0.3, -0.25) is 0 Å². The Kier molecular flexibility index (Phi) is 4.47. The van der Waals surface area contributed by atoms with Crippen molar-refractivity contribution in [3.8, 4) is 11.5 Å². The summed E-state index contributed by atoms with van der Waals surface area (Å²) in [6, 6.07) is 5.85. The number of benzene rings is 1. The molecule has 3 rings (SSSR count). The van der Waals surface area contributed by atoms with Crippen LogP contribution in [0.15, 0.2) is 24.5 Å². The number of hydrogen-bond donors (Lipinski definition) is 2. The largest absolute Gasteiger partial charge is 0.493 e. The lowest BCUT2D eigenvalue weighted by Crippen LogP contribution is -2.07. The zero-order valence-corrected chi connectivity index (χ0v) is 13.5. The van der Waals surface area contributed by atoms with Crippen molar-refractivity contribution in [2.45, 2.75) is 6.42 Å². The van der Waals surface area contributed by atoms with Crippen LogP contribution in [-0.2, 0) is 6.42 Å². The summed E-state index contributed by atoms with van der Waals surface area (Å²) in [6.07, 6.45) is 2.35. The number of anilines is 1.